The third-order valence-corrected chi connectivity index (χ3v) is 2.13. The quantitative estimate of drug-likeness (QED) is 0.234. The van der Waals surface area contributed by atoms with Gasteiger partial charge in [-0.25, -0.2) is 13.2 Å². The van der Waals surface area contributed by atoms with Crippen molar-refractivity contribution in [1.82, 2.24) is 0 Å². The summed E-state index contributed by atoms with van der Waals surface area (Å²) in [5, 5.41) is 44.2. The molecule has 110 valence electrons. The molecule has 0 aliphatic rings. The van der Waals surface area contributed by atoms with Gasteiger partial charge in [0.05, 0.1) is 6.61 Å². The van der Waals surface area contributed by atoms with Crippen LogP contribution in [-0.2, 0) is 19.4 Å². The van der Waals surface area contributed by atoms with E-state index in [-0.39, 0.29) is 7.43 Å². The molecule has 0 aliphatic carbocycles. The van der Waals surface area contributed by atoms with Crippen molar-refractivity contribution in [2.24, 2.45) is 0 Å². The van der Waals surface area contributed by atoms with Crippen molar-refractivity contribution >= 4 is 16.4 Å². The molecule has 11 heteroatoms. The van der Waals surface area contributed by atoms with E-state index < -0.39 is 47.4 Å². The molecule has 4 atom stereocenters. The third-order valence-electron chi connectivity index (χ3n) is 1.70. The first-order valence-electron chi connectivity index (χ1n) is 4.11. The zero-order chi connectivity index (χ0) is 13.8. The lowest BCUT2D eigenvalue weighted by atomic mass is 10.0. The first-order valence-corrected chi connectivity index (χ1v) is 5.45. The van der Waals surface area contributed by atoms with E-state index >= 15 is 0 Å². The molecule has 0 amide bonds. The first kappa shape index (κ1) is 19.5. The zero-order valence-electron chi connectivity index (χ0n) is 8.20. The lowest BCUT2D eigenvalue weighted by Gasteiger charge is -2.24. The second-order valence-corrected chi connectivity index (χ2v) is 4.08. The van der Waals surface area contributed by atoms with E-state index in [1.54, 1.807) is 0 Å². The summed E-state index contributed by atoms with van der Waals surface area (Å²) >= 11 is 0. The summed E-state index contributed by atoms with van der Waals surface area (Å²) in [4.78, 5) is 10.2. The Bertz CT molecular complexity index is 351. The molecule has 0 aromatic carbocycles. The fourth-order valence-electron chi connectivity index (χ4n) is 0.812. The number of hydrogen-bond donors (Lipinski definition) is 5. The van der Waals surface area contributed by atoms with Gasteiger partial charge in [-0.1, -0.05) is 7.43 Å². The Morgan fingerprint density at radius 2 is 1.61 bits per heavy atom. The van der Waals surface area contributed by atoms with E-state index in [9.17, 15) is 17.8 Å². The molecule has 0 spiro atoms. The van der Waals surface area contributed by atoms with Gasteiger partial charge in [0, 0.05) is 0 Å². The van der Waals surface area contributed by atoms with E-state index in [1.165, 1.54) is 0 Å². The van der Waals surface area contributed by atoms with Crippen LogP contribution in [0.25, 0.3) is 0 Å². The summed E-state index contributed by atoms with van der Waals surface area (Å²) in [6, 6.07) is 0. The van der Waals surface area contributed by atoms with Crippen LogP contribution in [0.3, 0.4) is 0 Å². The van der Waals surface area contributed by atoms with E-state index in [1.807, 2.05) is 0 Å². The molecule has 0 bridgehead atoms. The molecular formula is C7H15O10S-. The van der Waals surface area contributed by atoms with Crippen LogP contribution in [0.2, 0.25) is 0 Å². The summed E-state index contributed by atoms with van der Waals surface area (Å²) in [7, 11) is -5.10. The molecule has 0 aromatic rings. The minimum atomic E-state index is -5.10. The number of aliphatic hydroxyl groups excluding tert-OH is 4. The number of hydrogen-bond acceptors (Lipinski definition) is 9. The molecule has 10 nitrogen and oxygen atoms in total. The highest BCUT2D eigenvalue weighted by molar-refractivity contribution is 7.80. The molecule has 0 fully saturated rings. The lowest BCUT2D eigenvalue weighted by molar-refractivity contribution is -0.163. The van der Waals surface area contributed by atoms with Crippen LogP contribution in [0.5, 0.6) is 0 Å². The summed E-state index contributed by atoms with van der Waals surface area (Å²) < 4.78 is 33.6. The second kappa shape index (κ2) is 7.58. The van der Waals surface area contributed by atoms with E-state index in [4.69, 9.17) is 25.5 Å². The first-order chi connectivity index (χ1) is 7.56. The van der Waals surface area contributed by atoms with E-state index in [2.05, 4.69) is 4.18 Å². The van der Waals surface area contributed by atoms with Gasteiger partial charge >= 0.3 is 5.97 Å². The molecule has 5 N–H and O–H groups in total. The number of carboxylic acid groups (broad SMARTS) is 1. The zero-order valence-corrected chi connectivity index (χ0v) is 9.02. The molecule has 4 unspecified atom stereocenters. The molecule has 0 rings (SSSR count). The second-order valence-electron chi connectivity index (χ2n) is 3.02. The highest BCUT2D eigenvalue weighted by atomic mass is 32.3. The monoisotopic (exact) mass is 291 g/mol. The number of carbonyl (C=O) groups is 1. The SMILES string of the molecule is C.O=C(O)C(O)C(O)C(O)C(O)COS(=O)(=O)[O-]. The fourth-order valence-corrected chi connectivity index (χ4v) is 1.12. The van der Waals surface area contributed by atoms with Crippen molar-refractivity contribution in [2.75, 3.05) is 6.61 Å². The number of aliphatic carboxylic acids is 1. The van der Waals surface area contributed by atoms with Gasteiger partial charge < -0.3 is 30.1 Å². The average molecular weight is 291 g/mol. The minimum Gasteiger partial charge on any atom is -0.726 e. The van der Waals surface area contributed by atoms with Crippen molar-refractivity contribution in [3.63, 3.8) is 0 Å². The highest BCUT2D eigenvalue weighted by Gasteiger charge is 2.34. The summed E-state index contributed by atoms with van der Waals surface area (Å²) in [5.41, 5.74) is 0. The number of aliphatic hydroxyl groups is 4. The van der Waals surface area contributed by atoms with Gasteiger partial charge in [0.25, 0.3) is 0 Å². The van der Waals surface area contributed by atoms with Crippen LogP contribution < -0.4 is 0 Å². The van der Waals surface area contributed by atoms with Crippen molar-refractivity contribution in [1.29, 1.82) is 0 Å². The van der Waals surface area contributed by atoms with Crippen LogP contribution >= 0.6 is 0 Å². The summed E-state index contributed by atoms with van der Waals surface area (Å²) in [6.45, 7) is -1.18. The van der Waals surface area contributed by atoms with Gasteiger partial charge in [-0.2, -0.15) is 0 Å². The Morgan fingerprint density at radius 1 is 1.17 bits per heavy atom. The third kappa shape index (κ3) is 6.80. The Kier molecular flexibility index (Phi) is 8.22. The number of carboxylic acids is 1. The van der Waals surface area contributed by atoms with Gasteiger partial charge in [0.2, 0.25) is 10.4 Å². The van der Waals surface area contributed by atoms with E-state index in [0.717, 1.165) is 0 Å². The Morgan fingerprint density at radius 3 is 1.94 bits per heavy atom. The minimum absolute atomic E-state index is 0. The van der Waals surface area contributed by atoms with Crippen LogP contribution in [0, 0.1) is 0 Å². The summed E-state index contributed by atoms with van der Waals surface area (Å²) in [5.74, 6) is -1.86. The molecule has 0 saturated carbocycles. The standard InChI is InChI=1S/C6H12O10S.CH4/c7-2(1-16-17(13,14)15)3(8)4(9)5(10)6(11)12;/h2-5,7-10H,1H2,(H,11,12)(H,13,14,15);1H4/p-1. The maximum Gasteiger partial charge on any atom is 0.335 e. The van der Waals surface area contributed by atoms with Gasteiger partial charge in [-0.3, -0.25) is 4.18 Å². The predicted molar refractivity (Wildman–Crippen MR) is 54.0 cm³/mol. The number of rotatable bonds is 7. The van der Waals surface area contributed by atoms with Crippen LogP contribution in [0.1, 0.15) is 7.43 Å². The van der Waals surface area contributed by atoms with Crippen LogP contribution in [-0.4, -0.2) is 75.5 Å². The van der Waals surface area contributed by atoms with E-state index in [0.29, 0.717) is 0 Å². The van der Waals surface area contributed by atoms with Gasteiger partial charge in [-0.05, 0) is 0 Å². The molecular weight excluding hydrogens is 276 g/mol. The largest absolute Gasteiger partial charge is 0.726 e. The van der Waals surface area contributed by atoms with Gasteiger partial charge in [0.15, 0.2) is 6.10 Å². The molecule has 0 radical (unpaired) electrons. The maximum atomic E-state index is 10.2. The van der Waals surface area contributed by atoms with Gasteiger partial charge in [-0.15, -0.1) is 0 Å². The van der Waals surface area contributed by atoms with Crippen molar-refractivity contribution in [3.05, 3.63) is 0 Å². The van der Waals surface area contributed by atoms with Crippen molar-refractivity contribution in [2.45, 2.75) is 31.8 Å². The van der Waals surface area contributed by atoms with Gasteiger partial charge in [0.1, 0.15) is 18.3 Å². The Labute approximate surface area is 103 Å². The molecule has 0 heterocycles. The van der Waals surface area contributed by atoms with Crippen LogP contribution in [0.15, 0.2) is 0 Å². The Balaban J connectivity index is 0. The van der Waals surface area contributed by atoms with Crippen molar-refractivity contribution < 1.29 is 47.5 Å². The Hall–Kier alpha value is -0.820. The predicted octanol–water partition coefficient (Wildman–Crippen LogP) is -3.37. The molecule has 0 saturated heterocycles. The molecule has 0 aliphatic heterocycles. The normalized spacial score (nSPS) is 18.3. The smallest absolute Gasteiger partial charge is 0.335 e. The topological polar surface area (TPSA) is 185 Å². The van der Waals surface area contributed by atoms with Crippen molar-refractivity contribution in [3.8, 4) is 0 Å². The maximum absolute atomic E-state index is 10.2. The average Bonchev–Trinajstić information content (AvgIpc) is 2.21. The molecule has 0 aromatic heterocycles. The summed E-state index contributed by atoms with van der Waals surface area (Å²) in [6.07, 6.45) is -8.94. The molecule has 18 heavy (non-hydrogen) atoms. The fraction of sp³-hybridized carbons (Fsp3) is 0.857. The highest BCUT2D eigenvalue weighted by Crippen LogP contribution is 2.06. The lowest BCUT2D eigenvalue weighted by Crippen LogP contribution is -2.49. The van der Waals surface area contributed by atoms with Crippen LogP contribution in [0.4, 0.5) is 0 Å².